The van der Waals surface area contributed by atoms with Crippen LogP contribution in [0.25, 0.3) is 0 Å². The number of hydrogen-bond donors (Lipinski definition) is 2. The SMILES string of the molecule is COc1cccc(NC(=O)CSc2nc(CC(=O)N[C@@H](C)c3ccccc3)cs2)c1. The lowest BCUT2D eigenvalue weighted by molar-refractivity contribution is -0.121. The molecule has 6 nitrogen and oxygen atoms in total. The van der Waals surface area contributed by atoms with E-state index in [-0.39, 0.29) is 30.0 Å². The Morgan fingerprint density at radius 1 is 1.13 bits per heavy atom. The van der Waals surface area contributed by atoms with Gasteiger partial charge < -0.3 is 15.4 Å². The van der Waals surface area contributed by atoms with Gasteiger partial charge in [-0.2, -0.15) is 0 Å². The predicted molar refractivity (Wildman–Crippen MR) is 121 cm³/mol. The van der Waals surface area contributed by atoms with Gasteiger partial charge in [0.25, 0.3) is 0 Å². The van der Waals surface area contributed by atoms with Crippen LogP contribution in [0.3, 0.4) is 0 Å². The van der Waals surface area contributed by atoms with Crippen molar-refractivity contribution in [2.24, 2.45) is 0 Å². The number of nitrogens with zero attached hydrogens (tertiary/aromatic N) is 1. The molecule has 2 aromatic carbocycles. The molecular formula is C22H23N3O3S2. The largest absolute Gasteiger partial charge is 0.497 e. The Bertz CT molecular complexity index is 992. The molecule has 30 heavy (non-hydrogen) atoms. The molecule has 0 unspecified atom stereocenters. The highest BCUT2D eigenvalue weighted by Gasteiger charge is 2.13. The van der Waals surface area contributed by atoms with E-state index < -0.39 is 0 Å². The van der Waals surface area contributed by atoms with Crippen LogP contribution in [0.15, 0.2) is 64.3 Å². The number of hydrogen-bond acceptors (Lipinski definition) is 6. The lowest BCUT2D eigenvalue weighted by Crippen LogP contribution is -2.28. The molecule has 0 aliphatic carbocycles. The molecule has 0 fully saturated rings. The summed E-state index contributed by atoms with van der Waals surface area (Å²) in [7, 11) is 1.58. The standard InChI is InChI=1S/C22H23N3O3S2/c1-15(16-7-4-3-5-8-16)23-20(26)12-18-13-29-22(25-18)30-14-21(27)24-17-9-6-10-19(11-17)28-2/h3-11,13,15H,12,14H2,1-2H3,(H,23,26)(H,24,27)/t15-/m0/s1. The fourth-order valence-corrected chi connectivity index (χ4v) is 4.39. The number of thiazole rings is 1. The quantitative estimate of drug-likeness (QED) is 0.484. The van der Waals surface area contributed by atoms with Crippen molar-refractivity contribution in [3.63, 3.8) is 0 Å². The van der Waals surface area contributed by atoms with E-state index in [0.29, 0.717) is 17.1 Å². The molecule has 0 saturated heterocycles. The summed E-state index contributed by atoms with van der Waals surface area (Å²) in [6, 6.07) is 17.0. The Labute approximate surface area is 184 Å². The van der Waals surface area contributed by atoms with Crippen LogP contribution in [-0.2, 0) is 16.0 Å². The van der Waals surface area contributed by atoms with Gasteiger partial charge in [0.1, 0.15) is 5.75 Å². The monoisotopic (exact) mass is 441 g/mol. The molecule has 0 aliphatic rings. The topological polar surface area (TPSA) is 80.3 Å². The molecule has 1 atom stereocenters. The van der Waals surface area contributed by atoms with E-state index in [1.54, 1.807) is 13.2 Å². The maximum atomic E-state index is 12.3. The average molecular weight is 442 g/mol. The lowest BCUT2D eigenvalue weighted by Gasteiger charge is -2.13. The Morgan fingerprint density at radius 3 is 2.70 bits per heavy atom. The molecule has 2 amide bonds. The highest BCUT2D eigenvalue weighted by molar-refractivity contribution is 8.01. The maximum absolute atomic E-state index is 12.3. The first kappa shape index (κ1) is 21.9. The summed E-state index contributed by atoms with van der Waals surface area (Å²) in [5.41, 5.74) is 2.44. The minimum Gasteiger partial charge on any atom is -0.497 e. The minimum absolute atomic E-state index is 0.0634. The minimum atomic E-state index is -0.126. The van der Waals surface area contributed by atoms with Gasteiger partial charge in [-0.15, -0.1) is 11.3 Å². The van der Waals surface area contributed by atoms with Crippen molar-refractivity contribution in [3.05, 3.63) is 71.2 Å². The van der Waals surface area contributed by atoms with Gasteiger partial charge in [0.2, 0.25) is 11.8 Å². The first-order valence-corrected chi connectivity index (χ1v) is 11.3. The van der Waals surface area contributed by atoms with E-state index in [4.69, 9.17) is 4.74 Å². The van der Waals surface area contributed by atoms with Gasteiger partial charge in [-0.1, -0.05) is 48.2 Å². The van der Waals surface area contributed by atoms with Gasteiger partial charge >= 0.3 is 0 Å². The number of nitrogens with one attached hydrogen (secondary N) is 2. The summed E-state index contributed by atoms with van der Waals surface area (Å²) in [4.78, 5) is 28.9. The maximum Gasteiger partial charge on any atom is 0.234 e. The third kappa shape index (κ3) is 6.60. The van der Waals surface area contributed by atoms with E-state index in [1.165, 1.54) is 23.1 Å². The number of aromatic nitrogens is 1. The van der Waals surface area contributed by atoms with Gasteiger partial charge in [0.15, 0.2) is 4.34 Å². The number of benzene rings is 2. The smallest absolute Gasteiger partial charge is 0.234 e. The van der Waals surface area contributed by atoms with Crippen LogP contribution < -0.4 is 15.4 Å². The molecule has 0 aliphatic heterocycles. The molecule has 156 valence electrons. The number of amides is 2. The first-order chi connectivity index (χ1) is 14.5. The van der Waals surface area contributed by atoms with E-state index in [0.717, 1.165) is 9.90 Å². The molecule has 1 aromatic heterocycles. The zero-order valence-corrected chi connectivity index (χ0v) is 18.4. The van der Waals surface area contributed by atoms with Crippen LogP contribution in [-0.4, -0.2) is 29.7 Å². The third-order valence-corrected chi connectivity index (χ3v) is 6.30. The van der Waals surface area contributed by atoms with Gasteiger partial charge in [-0.25, -0.2) is 4.98 Å². The second kappa shape index (κ2) is 10.8. The highest BCUT2D eigenvalue weighted by Crippen LogP contribution is 2.24. The third-order valence-electron chi connectivity index (χ3n) is 4.23. The second-order valence-electron chi connectivity index (χ2n) is 6.55. The van der Waals surface area contributed by atoms with Crippen LogP contribution in [0.4, 0.5) is 5.69 Å². The van der Waals surface area contributed by atoms with Crippen molar-refractivity contribution >= 4 is 40.6 Å². The number of anilines is 1. The zero-order chi connectivity index (χ0) is 21.3. The Hall–Kier alpha value is -2.84. The summed E-state index contributed by atoms with van der Waals surface area (Å²) in [5.74, 6) is 0.717. The van der Waals surface area contributed by atoms with E-state index in [2.05, 4.69) is 15.6 Å². The molecule has 0 saturated carbocycles. The fourth-order valence-electron chi connectivity index (χ4n) is 2.74. The molecule has 3 aromatic rings. The summed E-state index contributed by atoms with van der Waals surface area (Å²) >= 11 is 2.78. The molecule has 0 spiro atoms. The second-order valence-corrected chi connectivity index (χ2v) is 8.63. The van der Waals surface area contributed by atoms with Crippen molar-refractivity contribution in [2.45, 2.75) is 23.7 Å². The number of rotatable bonds is 9. The number of thioether (sulfide) groups is 1. The van der Waals surface area contributed by atoms with Crippen LogP contribution >= 0.6 is 23.1 Å². The summed E-state index contributed by atoms with van der Waals surface area (Å²) in [6.07, 6.45) is 0.213. The van der Waals surface area contributed by atoms with Crippen molar-refractivity contribution in [1.82, 2.24) is 10.3 Å². The van der Waals surface area contributed by atoms with Crippen LogP contribution in [0.5, 0.6) is 5.75 Å². The molecule has 0 bridgehead atoms. The number of ether oxygens (including phenoxy) is 1. The average Bonchev–Trinajstić information content (AvgIpc) is 3.20. The molecule has 3 rings (SSSR count). The van der Waals surface area contributed by atoms with Crippen molar-refractivity contribution in [3.8, 4) is 5.75 Å². The molecule has 2 N–H and O–H groups in total. The summed E-state index contributed by atoms with van der Waals surface area (Å²) < 4.78 is 5.91. The number of carbonyl (C=O) groups excluding carboxylic acids is 2. The molecule has 1 heterocycles. The first-order valence-electron chi connectivity index (χ1n) is 9.39. The van der Waals surface area contributed by atoms with Crippen molar-refractivity contribution in [1.29, 1.82) is 0 Å². The molecule has 8 heteroatoms. The Kier molecular flexibility index (Phi) is 7.87. The van der Waals surface area contributed by atoms with Gasteiger partial charge in [-0.3, -0.25) is 9.59 Å². The van der Waals surface area contributed by atoms with Gasteiger partial charge in [0, 0.05) is 17.1 Å². The number of methoxy groups -OCH3 is 1. The summed E-state index contributed by atoms with van der Waals surface area (Å²) in [5, 5.41) is 7.68. The molecule has 0 radical (unpaired) electrons. The van der Waals surface area contributed by atoms with Crippen molar-refractivity contribution in [2.75, 3.05) is 18.2 Å². The van der Waals surface area contributed by atoms with Crippen molar-refractivity contribution < 1.29 is 14.3 Å². The van der Waals surface area contributed by atoms with E-state index in [9.17, 15) is 9.59 Å². The Morgan fingerprint density at radius 2 is 1.93 bits per heavy atom. The van der Waals surface area contributed by atoms with Gasteiger partial charge in [-0.05, 0) is 24.6 Å². The summed E-state index contributed by atoms with van der Waals surface area (Å²) in [6.45, 7) is 1.95. The van der Waals surface area contributed by atoms with Crippen LogP contribution in [0.1, 0.15) is 24.2 Å². The zero-order valence-electron chi connectivity index (χ0n) is 16.8. The Balaban J connectivity index is 1.45. The fraction of sp³-hybridized carbons (Fsp3) is 0.227. The van der Waals surface area contributed by atoms with Gasteiger partial charge in [0.05, 0.1) is 31.0 Å². The van der Waals surface area contributed by atoms with E-state index in [1.807, 2.05) is 60.8 Å². The van der Waals surface area contributed by atoms with Crippen LogP contribution in [0, 0.1) is 0 Å². The van der Waals surface area contributed by atoms with E-state index >= 15 is 0 Å². The highest BCUT2D eigenvalue weighted by atomic mass is 32.2. The predicted octanol–water partition coefficient (Wildman–Crippen LogP) is 4.30. The number of carbonyl (C=O) groups is 2. The molecular weight excluding hydrogens is 418 g/mol. The lowest BCUT2D eigenvalue weighted by atomic mass is 10.1. The van der Waals surface area contributed by atoms with Crippen LogP contribution in [0.2, 0.25) is 0 Å². The normalized spacial score (nSPS) is 11.5.